The molecule has 2 aromatic carbocycles. The van der Waals surface area contributed by atoms with Crippen LogP contribution in [0.4, 0.5) is 10.1 Å². The summed E-state index contributed by atoms with van der Waals surface area (Å²) in [5.74, 6) is -0.251. The minimum atomic E-state index is -0.250. The van der Waals surface area contributed by atoms with Gasteiger partial charge in [-0.1, -0.05) is 18.2 Å². The summed E-state index contributed by atoms with van der Waals surface area (Å²) < 4.78 is 14.5. The highest BCUT2D eigenvalue weighted by atomic mass is 19.1. The van der Waals surface area contributed by atoms with E-state index < -0.39 is 0 Å². The third-order valence-corrected chi connectivity index (χ3v) is 4.98. The normalized spacial score (nSPS) is 14.3. The summed E-state index contributed by atoms with van der Waals surface area (Å²) in [5, 5.41) is 6.13. The maximum Gasteiger partial charge on any atom is 0.247 e. The van der Waals surface area contributed by atoms with Crippen molar-refractivity contribution in [2.24, 2.45) is 0 Å². The molecule has 1 aliphatic rings. The maximum absolute atomic E-state index is 14.5. The van der Waals surface area contributed by atoms with Gasteiger partial charge >= 0.3 is 0 Å². The standard InChI is InChI=1S/C24H29FN2O/c1-14(2)26-23-9-6-18(13-22(23)25)21-12-15(3)19(10-16(21)4)11-17(5)24(28)27-20-7-8-20/h6,9-14,20,26H,7-8H2,1-5H3,(H,27,28)/b17-11+. The SMILES string of the molecule is C/C(=C\c1cc(C)c(-c2ccc(NC(C)C)c(F)c2)cc1C)C(=O)NC1CC1. The fourth-order valence-corrected chi connectivity index (χ4v) is 3.24. The van der Waals surface area contributed by atoms with Gasteiger partial charge in [-0.2, -0.15) is 0 Å². The lowest BCUT2D eigenvalue weighted by molar-refractivity contribution is -0.117. The van der Waals surface area contributed by atoms with Crippen molar-refractivity contribution in [3.8, 4) is 11.1 Å². The van der Waals surface area contributed by atoms with Crippen LogP contribution in [-0.2, 0) is 4.79 Å². The van der Waals surface area contributed by atoms with Crippen molar-refractivity contribution in [1.29, 1.82) is 0 Å². The average Bonchev–Trinajstić information content (AvgIpc) is 3.43. The third kappa shape index (κ3) is 4.80. The molecule has 0 saturated heterocycles. The molecule has 1 amide bonds. The second-order valence-corrected chi connectivity index (χ2v) is 8.09. The largest absolute Gasteiger partial charge is 0.381 e. The lowest BCUT2D eigenvalue weighted by Gasteiger charge is -2.14. The van der Waals surface area contributed by atoms with Crippen molar-refractivity contribution >= 4 is 17.7 Å². The molecule has 3 nitrogen and oxygen atoms in total. The van der Waals surface area contributed by atoms with Crippen molar-refractivity contribution < 1.29 is 9.18 Å². The summed E-state index contributed by atoms with van der Waals surface area (Å²) in [6, 6.07) is 9.98. The van der Waals surface area contributed by atoms with E-state index in [2.05, 4.69) is 22.8 Å². The molecule has 4 heteroatoms. The lowest BCUT2D eigenvalue weighted by Crippen LogP contribution is -2.25. The van der Waals surface area contributed by atoms with Crippen LogP contribution < -0.4 is 10.6 Å². The van der Waals surface area contributed by atoms with Gasteiger partial charge in [-0.15, -0.1) is 0 Å². The zero-order valence-corrected chi connectivity index (χ0v) is 17.3. The Labute approximate surface area is 167 Å². The summed E-state index contributed by atoms with van der Waals surface area (Å²) in [5.41, 5.74) is 6.21. The Kier molecular flexibility index (Phi) is 5.87. The second-order valence-electron chi connectivity index (χ2n) is 8.09. The number of halogens is 1. The Bertz CT molecular complexity index is 926. The fraction of sp³-hybridized carbons (Fsp3) is 0.375. The zero-order valence-electron chi connectivity index (χ0n) is 17.3. The molecule has 1 aliphatic carbocycles. The Balaban J connectivity index is 1.87. The number of aryl methyl sites for hydroxylation is 2. The fourth-order valence-electron chi connectivity index (χ4n) is 3.24. The molecule has 148 valence electrons. The van der Waals surface area contributed by atoms with Gasteiger partial charge in [0.15, 0.2) is 0 Å². The molecular formula is C24H29FN2O. The number of carbonyl (C=O) groups is 1. The van der Waals surface area contributed by atoms with E-state index in [1.807, 2.05) is 46.8 Å². The molecule has 0 aromatic heterocycles. The highest BCUT2D eigenvalue weighted by molar-refractivity contribution is 5.97. The number of benzene rings is 2. The first-order valence-corrected chi connectivity index (χ1v) is 9.91. The topological polar surface area (TPSA) is 41.1 Å². The van der Waals surface area contributed by atoms with E-state index in [9.17, 15) is 9.18 Å². The van der Waals surface area contributed by atoms with Gasteiger partial charge in [0.2, 0.25) is 5.91 Å². The van der Waals surface area contributed by atoms with Crippen LogP contribution in [0.3, 0.4) is 0 Å². The van der Waals surface area contributed by atoms with E-state index in [1.165, 1.54) is 0 Å². The molecule has 2 N–H and O–H groups in total. The van der Waals surface area contributed by atoms with E-state index in [1.54, 1.807) is 12.1 Å². The quantitative estimate of drug-likeness (QED) is 0.639. The van der Waals surface area contributed by atoms with Crippen molar-refractivity contribution in [3.63, 3.8) is 0 Å². The highest BCUT2D eigenvalue weighted by Gasteiger charge is 2.23. The van der Waals surface area contributed by atoms with Crippen molar-refractivity contribution in [2.45, 2.75) is 59.5 Å². The van der Waals surface area contributed by atoms with Crippen LogP contribution in [0.2, 0.25) is 0 Å². The number of hydrogen-bond donors (Lipinski definition) is 2. The summed E-state index contributed by atoms with van der Waals surface area (Å²) in [4.78, 5) is 12.2. The van der Waals surface area contributed by atoms with Gasteiger partial charge in [0.25, 0.3) is 0 Å². The summed E-state index contributed by atoms with van der Waals surface area (Å²) in [6.45, 7) is 9.85. The van der Waals surface area contributed by atoms with E-state index in [4.69, 9.17) is 0 Å². The van der Waals surface area contributed by atoms with Gasteiger partial charge in [-0.25, -0.2) is 4.39 Å². The van der Waals surface area contributed by atoms with Gasteiger partial charge in [0.1, 0.15) is 5.82 Å². The monoisotopic (exact) mass is 380 g/mol. The van der Waals surface area contributed by atoms with Crippen LogP contribution in [0, 0.1) is 19.7 Å². The van der Waals surface area contributed by atoms with Gasteiger partial charge in [0.05, 0.1) is 5.69 Å². The Hall–Kier alpha value is -2.62. The summed E-state index contributed by atoms with van der Waals surface area (Å²) in [6.07, 6.45) is 4.09. The van der Waals surface area contributed by atoms with Crippen molar-refractivity contribution in [2.75, 3.05) is 5.32 Å². The number of carbonyl (C=O) groups excluding carboxylic acids is 1. The predicted octanol–water partition coefficient (Wildman–Crippen LogP) is 5.61. The zero-order chi connectivity index (χ0) is 20.4. The minimum Gasteiger partial charge on any atom is -0.381 e. The number of amides is 1. The molecule has 0 unspecified atom stereocenters. The number of rotatable bonds is 6. The van der Waals surface area contributed by atoms with Crippen molar-refractivity contribution in [3.05, 3.63) is 58.4 Å². The van der Waals surface area contributed by atoms with Gasteiger partial charge in [0, 0.05) is 17.7 Å². The molecule has 2 aromatic rings. The van der Waals surface area contributed by atoms with Crippen LogP contribution in [0.25, 0.3) is 17.2 Å². The first-order valence-electron chi connectivity index (χ1n) is 9.91. The van der Waals surface area contributed by atoms with E-state index in [0.29, 0.717) is 17.3 Å². The van der Waals surface area contributed by atoms with Crippen molar-refractivity contribution in [1.82, 2.24) is 5.32 Å². The molecule has 0 atom stereocenters. The molecule has 0 bridgehead atoms. The van der Waals surface area contributed by atoms with E-state index in [0.717, 1.165) is 40.7 Å². The van der Waals surface area contributed by atoms with E-state index >= 15 is 0 Å². The number of anilines is 1. The van der Waals surface area contributed by atoms with Gasteiger partial charge in [-0.05, 0) is 93.5 Å². The van der Waals surface area contributed by atoms with Gasteiger partial charge in [-0.3, -0.25) is 4.79 Å². The summed E-state index contributed by atoms with van der Waals surface area (Å²) in [7, 11) is 0. The van der Waals surface area contributed by atoms with Crippen LogP contribution in [0.1, 0.15) is 50.3 Å². The van der Waals surface area contributed by atoms with Gasteiger partial charge < -0.3 is 10.6 Å². The smallest absolute Gasteiger partial charge is 0.247 e. The molecule has 0 heterocycles. The first-order chi connectivity index (χ1) is 13.2. The minimum absolute atomic E-state index is 0.000980. The van der Waals surface area contributed by atoms with Crippen LogP contribution in [-0.4, -0.2) is 18.0 Å². The molecule has 0 aliphatic heterocycles. The molecule has 0 radical (unpaired) electrons. The molecule has 1 fully saturated rings. The molecule has 0 spiro atoms. The predicted molar refractivity (Wildman–Crippen MR) is 115 cm³/mol. The third-order valence-electron chi connectivity index (χ3n) is 4.98. The molecule has 28 heavy (non-hydrogen) atoms. The average molecular weight is 381 g/mol. The Morgan fingerprint density at radius 2 is 1.86 bits per heavy atom. The molecular weight excluding hydrogens is 351 g/mol. The number of hydrogen-bond acceptors (Lipinski definition) is 2. The lowest BCUT2D eigenvalue weighted by atomic mass is 9.94. The molecule has 3 rings (SSSR count). The van der Waals surface area contributed by atoms with Crippen LogP contribution in [0.5, 0.6) is 0 Å². The summed E-state index contributed by atoms with van der Waals surface area (Å²) >= 11 is 0. The van der Waals surface area contributed by atoms with Crippen LogP contribution >= 0.6 is 0 Å². The highest BCUT2D eigenvalue weighted by Crippen LogP contribution is 2.30. The number of nitrogens with one attached hydrogen (secondary N) is 2. The maximum atomic E-state index is 14.5. The van der Waals surface area contributed by atoms with Crippen LogP contribution in [0.15, 0.2) is 35.9 Å². The Morgan fingerprint density at radius 1 is 1.14 bits per heavy atom. The molecule has 1 saturated carbocycles. The first kappa shape index (κ1) is 20.1. The second kappa shape index (κ2) is 8.17. The van der Waals surface area contributed by atoms with E-state index in [-0.39, 0.29) is 17.8 Å². The Morgan fingerprint density at radius 3 is 2.46 bits per heavy atom.